The maximum absolute atomic E-state index is 12.0. The van der Waals surface area contributed by atoms with Gasteiger partial charge >= 0.3 is 0 Å². The van der Waals surface area contributed by atoms with E-state index in [9.17, 15) is 14.9 Å². The second-order valence-corrected chi connectivity index (χ2v) is 5.65. The minimum Gasteiger partial charge on any atom is -0.484 e. The molecule has 1 amide bonds. The summed E-state index contributed by atoms with van der Waals surface area (Å²) in [5.74, 6) is 0.788. The Labute approximate surface area is 127 Å². The van der Waals surface area contributed by atoms with Crippen molar-refractivity contribution in [3.8, 4) is 5.75 Å². The van der Waals surface area contributed by atoms with Crippen LogP contribution in [0.3, 0.4) is 0 Å². The van der Waals surface area contributed by atoms with Crippen molar-refractivity contribution in [1.82, 2.24) is 4.90 Å². The Balaban J connectivity index is 1.92. The first-order valence-corrected chi connectivity index (χ1v) is 7.19. The van der Waals surface area contributed by atoms with Crippen molar-refractivity contribution in [1.29, 1.82) is 0 Å². The predicted molar refractivity (Wildman–Crippen MR) is 78.6 cm³/mol. The van der Waals surface area contributed by atoms with Gasteiger partial charge in [-0.15, -0.1) is 0 Å². The van der Waals surface area contributed by atoms with E-state index in [0.29, 0.717) is 11.7 Å². The molecule has 1 fully saturated rings. The molecule has 0 saturated carbocycles. The summed E-state index contributed by atoms with van der Waals surface area (Å²) in [5, 5.41) is 10.7. The molecule has 114 valence electrons. The van der Waals surface area contributed by atoms with E-state index in [2.05, 4.69) is 6.92 Å². The van der Waals surface area contributed by atoms with Crippen LogP contribution in [0.4, 0.5) is 5.69 Å². The first kappa shape index (κ1) is 15.6. The number of amides is 1. The third-order valence-corrected chi connectivity index (χ3v) is 3.79. The lowest BCUT2D eigenvalue weighted by molar-refractivity contribution is -0.384. The van der Waals surface area contributed by atoms with Crippen LogP contribution in [0.2, 0.25) is 5.02 Å². The molecular weight excluding hydrogens is 296 g/mol. The lowest BCUT2D eigenvalue weighted by Crippen LogP contribution is -2.41. The second kappa shape index (κ2) is 6.76. The van der Waals surface area contributed by atoms with Crippen molar-refractivity contribution in [2.24, 2.45) is 5.92 Å². The molecule has 0 bridgehead atoms. The maximum Gasteiger partial charge on any atom is 0.288 e. The number of benzene rings is 1. The van der Waals surface area contributed by atoms with Crippen LogP contribution in [0.15, 0.2) is 18.2 Å². The molecule has 2 rings (SSSR count). The third kappa shape index (κ3) is 4.07. The molecule has 1 aliphatic rings. The van der Waals surface area contributed by atoms with E-state index in [1.165, 1.54) is 18.2 Å². The van der Waals surface area contributed by atoms with Crippen LogP contribution in [0.25, 0.3) is 0 Å². The highest BCUT2D eigenvalue weighted by molar-refractivity contribution is 6.32. The Hall–Kier alpha value is -1.82. The Morgan fingerprint density at radius 3 is 2.95 bits per heavy atom. The van der Waals surface area contributed by atoms with Crippen molar-refractivity contribution >= 4 is 23.2 Å². The lowest BCUT2D eigenvalue weighted by atomic mass is 10.0. The summed E-state index contributed by atoms with van der Waals surface area (Å²) in [6, 6.07) is 4.06. The molecule has 6 nitrogen and oxygen atoms in total. The molecular formula is C14H17ClN2O4. The van der Waals surface area contributed by atoms with Gasteiger partial charge in [0.25, 0.3) is 11.6 Å². The molecule has 0 N–H and O–H groups in total. The fraction of sp³-hybridized carbons (Fsp3) is 0.500. The van der Waals surface area contributed by atoms with Crippen molar-refractivity contribution in [2.45, 2.75) is 19.8 Å². The highest BCUT2D eigenvalue weighted by Crippen LogP contribution is 2.28. The van der Waals surface area contributed by atoms with Gasteiger partial charge in [0.2, 0.25) is 0 Å². The zero-order valence-electron chi connectivity index (χ0n) is 11.8. The summed E-state index contributed by atoms with van der Waals surface area (Å²) in [4.78, 5) is 23.9. The van der Waals surface area contributed by atoms with E-state index in [4.69, 9.17) is 16.3 Å². The molecule has 1 aliphatic heterocycles. The summed E-state index contributed by atoms with van der Waals surface area (Å²) < 4.78 is 5.37. The van der Waals surface area contributed by atoms with Gasteiger partial charge in [0.1, 0.15) is 10.8 Å². The van der Waals surface area contributed by atoms with Crippen LogP contribution in [-0.4, -0.2) is 35.4 Å². The standard InChI is InChI=1S/C14H17ClN2O4/c1-10-3-2-6-16(8-10)14(18)9-21-11-4-5-13(17(19)20)12(15)7-11/h4-5,7,10H,2-3,6,8-9H2,1H3. The van der Waals surface area contributed by atoms with E-state index in [1.807, 2.05) is 0 Å². The molecule has 1 aromatic rings. The summed E-state index contributed by atoms with van der Waals surface area (Å²) >= 11 is 5.79. The predicted octanol–water partition coefficient (Wildman–Crippen LogP) is 2.89. The Morgan fingerprint density at radius 2 is 2.33 bits per heavy atom. The Morgan fingerprint density at radius 1 is 1.57 bits per heavy atom. The summed E-state index contributed by atoms with van der Waals surface area (Å²) in [6.07, 6.45) is 2.15. The third-order valence-electron chi connectivity index (χ3n) is 3.49. The minimum absolute atomic E-state index is 0.00320. The fourth-order valence-electron chi connectivity index (χ4n) is 2.38. The number of carbonyl (C=O) groups is 1. The van der Waals surface area contributed by atoms with Gasteiger partial charge in [0.05, 0.1) is 4.92 Å². The number of carbonyl (C=O) groups excluding carboxylic acids is 1. The molecule has 1 heterocycles. The van der Waals surface area contributed by atoms with Gasteiger partial charge in [-0.25, -0.2) is 0 Å². The second-order valence-electron chi connectivity index (χ2n) is 5.25. The molecule has 0 radical (unpaired) electrons. The number of likely N-dealkylation sites (tertiary alicyclic amines) is 1. The first-order valence-electron chi connectivity index (χ1n) is 6.82. The molecule has 0 spiro atoms. The number of piperidine rings is 1. The van der Waals surface area contributed by atoms with Crippen LogP contribution in [0.5, 0.6) is 5.75 Å². The summed E-state index contributed by atoms with van der Waals surface area (Å²) in [7, 11) is 0. The largest absolute Gasteiger partial charge is 0.484 e. The normalized spacial score (nSPS) is 18.4. The SMILES string of the molecule is CC1CCCN(C(=O)COc2ccc([N+](=O)[O-])c(Cl)c2)C1. The smallest absolute Gasteiger partial charge is 0.288 e. The molecule has 0 aromatic heterocycles. The first-order chi connectivity index (χ1) is 9.97. The molecule has 1 atom stereocenters. The van der Waals surface area contributed by atoms with Crippen LogP contribution in [0.1, 0.15) is 19.8 Å². The molecule has 21 heavy (non-hydrogen) atoms. The van der Waals surface area contributed by atoms with Crippen LogP contribution < -0.4 is 4.74 Å². The van der Waals surface area contributed by atoms with Crippen molar-refractivity contribution in [3.63, 3.8) is 0 Å². The van der Waals surface area contributed by atoms with Gasteiger partial charge in [0, 0.05) is 25.2 Å². The molecule has 1 saturated heterocycles. The monoisotopic (exact) mass is 312 g/mol. The number of nitro groups is 1. The number of hydrogen-bond acceptors (Lipinski definition) is 4. The molecule has 1 aromatic carbocycles. The van der Waals surface area contributed by atoms with Crippen molar-refractivity contribution < 1.29 is 14.5 Å². The highest BCUT2D eigenvalue weighted by Gasteiger charge is 2.21. The van der Waals surface area contributed by atoms with E-state index >= 15 is 0 Å². The van der Waals surface area contributed by atoms with E-state index in [1.54, 1.807) is 4.90 Å². The topological polar surface area (TPSA) is 72.7 Å². The van der Waals surface area contributed by atoms with E-state index in [-0.39, 0.29) is 23.2 Å². The minimum atomic E-state index is -0.563. The number of nitrogens with zero attached hydrogens (tertiary/aromatic N) is 2. The van der Waals surface area contributed by atoms with Gasteiger partial charge in [-0.3, -0.25) is 14.9 Å². The molecule has 1 unspecified atom stereocenters. The zero-order chi connectivity index (χ0) is 15.4. The molecule has 0 aliphatic carbocycles. The highest BCUT2D eigenvalue weighted by atomic mass is 35.5. The number of ether oxygens (including phenoxy) is 1. The van der Waals surface area contributed by atoms with Crippen LogP contribution in [0, 0.1) is 16.0 Å². The number of nitro benzene ring substituents is 1. The van der Waals surface area contributed by atoms with Crippen molar-refractivity contribution in [2.75, 3.05) is 19.7 Å². The van der Waals surface area contributed by atoms with Crippen LogP contribution >= 0.6 is 11.6 Å². The summed E-state index contributed by atoms with van der Waals surface area (Å²) in [5.41, 5.74) is -0.180. The van der Waals surface area contributed by atoms with Gasteiger partial charge in [-0.1, -0.05) is 18.5 Å². The average Bonchev–Trinajstić information content (AvgIpc) is 2.44. The Bertz CT molecular complexity index is 550. The average molecular weight is 313 g/mol. The van der Waals surface area contributed by atoms with Crippen molar-refractivity contribution in [3.05, 3.63) is 33.3 Å². The molecule has 7 heteroatoms. The van der Waals surface area contributed by atoms with Gasteiger partial charge in [-0.05, 0) is 24.8 Å². The number of hydrogen-bond donors (Lipinski definition) is 0. The van der Waals surface area contributed by atoms with Crippen LogP contribution in [-0.2, 0) is 4.79 Å². The van der Waals surface area contributed by atoms with E-state index < -0.39 is 4.92 Å². The van der Waals surface area contributed by atoms with Gasteiger partial charge < -0.3 is 9.64 Å². The Kier molecular flexibility index (Phi) is 5.01. The lowest BCUT2D eigenvalue weighted by Gasteiger charge is -2.30. The fourth-order valence-corrected chi connectivity index (χ4v) is 2.62. The van der Waals surface area contributed by atoms with E-state index in [0.717, 1.165) is 25.9 Å². The number of rotatable bonds is 4. The quantitative estimate of drug-likeness (QED) is 0.633. The summed E-state index contributed by atoms with van der Waals surface area (Å²) in [6.45, 7) is 3.55. The maximum atomic E-state index is 12.0. The zero-order valence-corrected chi connectivity index (χ0v) is 12.5. The number of halogens is 1. The van der Waals surface area contributed by atoms with Gasteiger partial charge in [0.15, 0.2) is 6.61 Å². The van der Waals surface area contributed by atoms with Gasteiger partial charge in [-0.2, -0.15) is 0 Å².